The Bertz CT molecular complexity index is 504. The molecule has 0 aliphatic carbocycles. The Hall–Kier alpha value is -1.42. The first kappa shape index (κ1) is 10.1. The van der Waals surface area contributed by atoms with Crippen LogP contribution in [0.25, 0.3) is 10.2 Å². The van der Waals surface area contributed by atoms with E-state index in [1.54, 1.807) is 13.1 Å². The lowest BCUT2D eigenvalue weighted by Crippen LogP contribution is -2.03. The van der Waals surface area contributed by atoms with E-state index >= 15 is 0 Å². The SMILES string of the molecule is CCOC(=O)c1sc2ncccc2c1C. The van der Waals surface area contributed by atoms with Crippen LogP contribution in [-0.4, -0.2) is 17.6 Å². The number of carbonyl (C=O) groups is 1. The second-order valence-electron chi connectivity index (χ2n) is 3.13. The lowest BCUT2D eigenvalue weighted by Gasteiger charge is -1.98. The van der Waals surface area contributed by atoms with Crippen LogP contribution >= 0.6 is 11.3 Å². The van der Waals surface area contributed by atoms with Crippen LogP contribution in [-0.2, 0) is 4.74 Å². The molecule has 0 N–H and O–H groups in total. The fraction of sp³-hybridized carbons (Fsp3) is 0.273. The molecule has 2 aromatic heterocycles. The van der Waals surface area contributed by atoms with Crippen molar-refractivity contribution < 1.29 is 9.53 Å². The van der Waals surface area contributed by atoms with E-state index in [0.717, 1.165) is 15.8 Å². The molecule has 2 heterocycles. The molecule has 0 aromatic carbocycles. The van der Waals surface area contributed by atoms with Crippen molar-refractivity contribution in [1.82, 2.24) is 4.98 Å². The highest BCUT2D eigenvalue weighted by molar-refractivity contribution is 7.20. The maximum atomic E-state index is 11.6. The van der Waals surface area contributed by atoms with Crippen LogP contribution in [0.4, 0.5) is 0 Å². The van der Waals surface area contributed by atoms with Gasteiger partial charge >= 0.3 is 5.97 Å². The second kappa shape index (κ2) is 3.98. The molecule has 0 fully saturated rings. The number of hydrogen-bond donors (Lipinski definition) is 0. The Morgan fingerprint density at radius 1 is 1.60 bits per heavy atom. The zero-order valence-corrected chi connectivity index (χ0v) is 9.43. The Labute approximate surface area is 91.7 Å². The average Bonchev–Trinajstić information content (AvgIpc) is 2.57. The van der Waals surface area contributed by atoms with Crippen molar-refractivity contribution in [3.63, 3.8) is 0 Å². The van der Waals surface area contributed by atoms with E-state index in [1.807, 2.05) is 19.1 Å². The van der Waals surface area contributed by atoms with E-state index in [0.29, 0.717) is 11.5 Å². The molecule has 0 spiro atoms. The van der Waals surface area contributed by atoms with Gasteiger partial charge in [-0.15, -0.1) is 11.3 Å². The third-order valence-corrected chi connectivity index (χ3v) is 3.37. The highest BCUT2D eigenvalue weighted by Gasteiger charge is 2.16. The first-order valence-electron chi connectivity index (χ1n) is 4.75. The molecule has 0 unspecified atom stereocenters. The Kier molecular flexibility index (Phi) is 2.68. The summed E-state index contributed by atoms with van der Waals surface area (Å²) in [5.41, 5.74) is 0.960. The maximum absolute atomic E-state index is 11.6. The molecule has 78 valence electrons. The van der Waals surface area contributed by atoms with Gasteiger partial charge in [0.1, 0.15) is 9.71 Å². The minimum absolute atomic E-state index is 0.252. The molecule has 0 saturated heterocycles. The third kappa shape index (κ3) is 1.72. The van der Waals surface area contributed by atoms with Crippen molar-refractivity contribution in [1.29, 1.82) is 0 Å². The largest absolute Gasteiger partial charge is 0.462 e. The summed E-state index contributed by atoms with van der Waals surface area (Å²) in [6.07, 6.45) is 1.73. The summed E-state index contributed by atoms with van der Waals surface area (Å²) < 4.78 is 4.98. The molecule has 3 nitrogen and oxygen atoms in total. The monoisotopic (exact) mass is 221 g/mol. The quantitative estimate of drug-likeness (QED) is 0.732. The molecule has 0 radical (unpaired) electrons. The van der Waals surface area contributed by atoms with Gasteiger partial charge in [0.2, 0.25) is 0 Å². The summed E-state index contributed by atoms with van der Waals surface area (Å²) in [5.74, 6) is -0.252. The van der Waals surface area contributed by atoms with Gasteiger partial charge in [0.15, 0.2) is 0 Å². The van der Waals surface area contributed by atoms with Crippen LogP contribution in [0.1, 0.15) is 22.2 Å². The number of thiophene rings is 1. The van der Waals surface area contributed by atoms with Crippen molar-refractivity contribution in [2.45, 2.75) is 13.8 Å². The summed E-state index contributed by atoms with van der Waals surface area (Å²) in [7, 11) is 0. The summed E-state index contributed by atoms with van der Waals surface area (Å²) in [6.45, 7) is 4.13. The molecule has 0 aliphatic heterocycles. The predicted octanol–water partition coefficient (Wildman–Crippen LogP) is 2.78. The van der Waals surface area contributed by atoms with E-state index in [2.05, 4.69) is 4.98 Å². The first-order valence-corrected chi connectivity index (χ1v) is 5.57. The third-order valence-electron chi connectivity index (χ3n) is 2.18. The average molecular weight is 221 g/mol. The lowest BCUT2D eigenvalue weighted by atomic mass is 10.2. The number of nitrogens with zero attached hydrogens (tertiary/aromatic N) is 1. The maximum Gasteiger partial charge on any atom is 0.348 e. The van der Waals surface area contributed by atoms with E-state index < -0.39 is 0 Å². The predicted molar refractivity (Wildman–Crippen MR) is 60.3 cm³/mol. The van der Waals surface area contributed by atoms with E-state index in [4.69, 9.17) is 4.74 Å². The van der Waals surface area contributed by atoms with Gasteiger partial charge in [-0.1, -0.05) is 6.07 Å². The zero-order valence-electron chi connectivity index (χ0n) is 8.61. The second-order valence-corrected chi connectivity index (χ2v) is 4.13. The van der Waals surface area contributed by atoms with Crippen LogP contribution < -0.4 is 0 Å². The minimum Gasteiger partial charge on any atom is -0.462 e. The molecular formula is C11H11NO2S. The zero-order chi connectivity index (χ0) is 10.8. The Morgan fingerprint density at radius 3 is 3.07 bits per heavy atom. The van der Waals surface area contributed by atoms with Gasteiger partial charge in [-0.2, -0.15) is 0 Å². The molecule has 0 bridgehead atoms. The number of ether oxygens (including phenoxy) is 1. The molecule has 15 heavy (non-hydrogen) atoms. The number of pyridine rings is 1. The lowest BCUT2D eigenvalue weighted by molar-refractivity contribution is 0.0531. The van der Waals surface area contributed by atoms with Crippen LogP contribution in [0, 0.1) is 6.92 Å². The smallest absolute Gasteiger partial charge is 0.348 e. The Morgan fingerprint density at radius 2 is 2.40 bits per heavy atom. The van der Waals surface area contributed by atoms with Crippen molar-refractivity contribution in [2.24, 2.45) is 0 Å². The molecule has 2 aromatic rings. The van der Waals surface area contributed by atoms with Crippen molar-refractivity contribution >= 4 is 27.5 Å². The molecule has 0 atom stereocenters. The van der Waals surface area contributed by atoms with E-state index in [-0.39, 0.29) is 5.97 Å². The van der Waals surface area contributed by atoms with Gasteiger partial charge in [0, 0.05) is 11.6 Å². The van der Waals surface area contributed by atoms with Crippen molar-refractivity contribution in [3.05, 3.63) is 28.8 Å². The van der Waals surface area contributed by atoms with Crippen LogP contribution in [0.3, 0.4) is 0 Å². The van der Waals surface area contributed by atoms with E-state index in [1.165, 1.54) is 11.3 Å². The van der Waals surface area contributed by atoms with E-state index in [9.17, 15) is 4.79 Å². The summed E-state index contributed by atoms with van der Waals surface area (Å²) in [5, 5.41) is 1.03. The molecule has 2 rings (SSSR count). The fourth-order valence-corrected chi connectivity index (χ4v) is 2.49. The normalized spacial score (nSPS) is 10.5. The molecule has 0 saturated carbocycles. The highest BCUT2D eigenvalue weighted by atomic mass is 32.1. The van der Waals surface area contributed by atoms with Crippen LogP contribution in [0.5, 0.6) is 0 Å². The van der Waals surface area contributed by atoms with Gasteiger partial charge in [-0.3, -0.25) is 0 Å². The van der Waals surface area contributed by atoms with Gasteiger partial charge in [0.05, 0.1) is 6.61 Å². The van der Waals surface area contributed by atoms with Gasteiger partial charge < -0.3 is 4.74 Å². The Balaban J connectivity index is 2.53. The van der Waals surface area contributed by atoms with Gasteiger partial charge in [-0.05, 0) is 25.5 Å². The van der Waals surface area contributed by atoms with Gasteiger partial charge in [0.25, 0.3) is 0 Å². The minimum atomic E-state index is -0.252. The standard InChI is InChI=1S/C11H11NO2S/c1-3-14-11(13)9-7(2)8-5-4-6-12-10(8)15-9/h4-6H,3H2,1-2H3. The fourth-order valence-electron chi connectivity index (χ4n) is 1.44. The summed E-state index contributed by atoms with van der Waals surface area (Å²) >= 11 is 1.39. The molecular weight excluding hydrogens is 210 g/mol. The molecule has 4 heteroatoms. The number of aryl methyl sites for hydroxylation is 1. The van der Waals surface area contributed by atoms with Crippen molar-refractivity contribution in [2.75, 3.05) is 6.61 Å². The number of fused-ring (bicyclic) bond motifs is 1. The number of aromatic nitrogens is 1. The van der Waals surface area contributed by atoms with Crippen LogP contribution in [0.15, 0.2) is 18.3 Å². The van der Waals surface area contributed by atoms with Crippen molar-refractivity contribution in [3.8, 4) is 0 Å². The van der Waals surface area contributed by atoms with Gasteiger partial charge in [-0.25, -0.2) is 9.78 Å². The number of hydrogen-bond acceptors (Lipinski definition) is 4. The summed E-state index contributed by atoms with van der Waals surface area (Å²) in [4.78, 5) is 17.4. The highest BCUT2D eigenvalue weighted by Crippen LogP contribution is 2.29. The molecule has 0 amide bonds. The first-order chi connectivity index (χ1) is 7.24. The summed E-state index contributed by atoms with van der Waals surface area (Å²) in [6, 6.07) is 3.84. The number of carbonyl (C=O) groups excluding carboxylic acids is 1. The molecule has 0 aliphatic rings. The van der Waals surface area contributed by atoms with Crippen LogP contribution in [0.2, 0.25) is 0 Å². The topological polar surface area (TPSA) is 39.2 Å². The number of rotatable bonds is 2. The number of esters is 1.